The lowest BCUT2D eigenvalue weighted by Gasteiger charge is -2.11. The normalized spacial score (nSPS) is 10.1. The molecular formula is C17H19NO2. The Labute approximate surface area is 119 Å². The van der Waals surface area contributed by atoms with Gasteiger partial charge in [-0.3, -0.25) is 4.79 Å². The van der Waals surface area contributed by atoms with E-state index < -0.39 is 0 Å². The molecule has 0 spiro atoms. The molecule has 0 saturated heterocycles. The van der Waals surface area contributed by atoms with Gasteiger partial charge >= 0.3 is 0 Å². The standard InChI is InChI=1S/C17H19NO2/c1-3-13-9-11-14(12-10-13)17(19)18-15-7-5-6-8-16(15)20-4-2/h5-12H,3-4H2,1-2H3,(H,18,19). The number of benzene rings is 2. The minimum Gasteiger partial charge on any atom is -0.492 e. The molecular weight excluding hydrogens is 250 g/mol. The molecule has 20 heavy (non-hydrogen) atoms. The van der Waals surface area contributed by atoms with E-state index in [1.165, 1.54) is 5.56 Å². The quantitative estimate of drug-likeness (QED) is 0.894. The number of rotatable bonds is 5. The largest absolute Gasteiger partial charge is 0.492 e. The summed E-state index contributed by atoms with van der Waals surface area (Å²) >= 11 is 0. The summed E-state index contributed by atoms with van der Waals surface area (Å²) in [5, 5.41) is 2.89. The Morgan fingerprint density at radius 3 is 2.40 bits per heavy atom. The number of hydrogen-bond acceptors (Lipinski definition) is 2. The van der Waals surface area contributed by atoms with Crippen LogP contribution in [0.2, 0.25) is 0 Å². The molecule has 0 aliphatic carbocycles. The maximum atomic E-state index is 12.2. The lowest BCUT2D eigenvalue weighted by Crippen LogP contribution is -2.12. The maximum absolute atomic E-state index is 12.2. The van der Waals surface area contributed by atoms with E-state index in [0.29, 0.717) is 23.6 Å². The summed E-state index contributed by atoms with van der Waals surface area (Å²) in [6.07, 6.45) is 0.967. The number of carbonyl (C=O) groups is 1. The zero-order chi connectivity index (χ0) is 14.4. The molecule has 0 radical (unpaired) electrons. The van der Waals surface area contributed by atoms with Crippen LogP contribution in [0, 0.1) is 0 Å². The topological polar surface area (TPSA) is 38.3 Å². The maximum Gasteiger partial charge on any atom is 0.255 e. The summed E-state index contributed by atoms with van der Waals surface area (Å²) in [4.78, 5) is 12.2. The molecule has 0 saturated carbocycles. The molecule has 0 unspecified atom stereocenters. The zero-order valence-corrected chi connectivity index (χ0v) is 11.8. The Morgan fingerprint density at radius 2 is 1.75 bits per heavy atom. The third-order valence-electron chi connectivity index (χ3n) is 3.06. The van der Waals surface area contributed by atoms with Crippen LogP contribution in [0.3, 0.4) is 0 Å². The molecule has 2 rings (SSSR count). The fourth-order valence-electron chi connectivity index (χ4n) is 1.94. The molecule has 1 N–H and O–H groups in total. The van der Waals surface area contributed by atoms with Gasteiger partial charge < -0.3 is 10.1 Å². The SMILES string of the molecule is CCOc1ccccc1NC(=O)c1ccc(CC)cc1. The van der Waals surface area contributed by atoms with E-state index in [-0.39, 0.29) is 5.91 Å². The lowest BCUT2D eigenvalue weighted by atomic mass is 10.1. The molecule has 104 valence electrons. The highest BCUT2D eigenvalue weighted by atomic mass is 16.5. The first-order chi connectivity index (χ1) is 9.74. The van der Waals surface area contributed by atoms with Gasteiger partial charge in [-0.25, -0.2) is 0 Å². The zero-order valence-electron chi connectivity index (χ0n) is 11.8. The Kier molecular flexibility index (Phi) is 4.77. The summed E-state index contributed by atoms with van der Waals surface area (Å²) in [7, 11) is 0. The summed E-state index contributed by atoms with van der Waals surface area (Å²) in [5.41, 5.74) is 2.56. The van der Waals surface area contributed by atoms with Gasteiger partial charge in [0.25, 0.3) is 5.91 Å². The molecule has 2 aromatic rings. The average molecular weight is 269 g/mol. The molecule has 0 aliphatic heterocycles. The van der Waals surface area contributed by atoms with Crippen LogP contribution in [0.25, 0.3) is 0 Å². The van der Waals surface area contributed by atoms with Gasteiger partial charge in [-0.1, -0.05) is 31.2 Å². The van der Waals surface area contributed by atoms with E-state index in [2.05, 4.69) is 12.2 Å². The fourth-order valence-corrected chi connectivity index (χ4v) is 1.94. The Bertz CT molecular complexity index is 576. The Hall–Kier alpha value is -2.29. The van der Waals surface area contributed by atoms with Crippen molar-refractivity contribution in [1.82, 2.24) is 0 Å². The number of ether oxygens (including phenoxy) is 1. The van der Waals surface area contributed by atoms with Crippen LogP contribution in [-0.4, -0.2) is 12.5 Å². The van der Waals surface area contributed by atoms with Gasteiger partial charge in [0.1, 0.15) is 5.75 Å². The number of amides is 1. The van der Waals surface area contributed by atoms with Gasteiger partial charge in [-0.2, -0.15) is 0 Å². The molecule has 0 aromatic heterocycles. The van der Waals surface area contributed by atoms with Crippen molar-refractivity contribution < 1.29 is 9.53 Å². The van der Waals surface area contributed by atoms with Gasteiger partial charge in [-0.05, 0) is 43.2 Å². The van der Waals surface area contributed by atoms with Crippen molar-refractivity contribution in [3.63, 3.8) is 0 Å². The summed E-state index contributed by atoms with van der Waals surface area (Å²) in [6.45, 7) is 4.58. The second-order valence-electron chi connectivity index (χ2n) is 4.43. The van der Waals surface area contributed by atoms with Crippen LogP contribution in [0.5, 0.6) is 5.75 Å². The van der Waals surface area contributed by atoms with Gasteiger partial charge in [0.2, 0.25) is 0 Å². The Balaban J connectivity index is 2.14. The van der Waals surface area contributed by atoms with E-state index in [1.54, 1.807) is 0 Å². The van der Waals surface area contributed by atoms with Crippen molar-refractivity contribution in [1.29, 1.82) is 0 Å². The predicted octanol–water partition coefficient (Wildman–Crippen LogP) is 3.90. The monoisotopic (exact) mass is 269 g/mol. The van der Waals surface area contributed by atoms with E-state index in [9.17, 15) is 4.79 Å². The highest BCUT2D eigenvalue weighted by molar-refractivity contribution is 6.05. The van der Waals surface area contributed by atoms with Crippen LogP contribution in [0.1, 0.15) is 29.8 Å². The first-order valence-corrected chi connectivity index (χ1v) is 6.86. The highest BCUT2D eigenvalue weighted by Gasteiger charge is 2.09. The van der Waals surface area contributed by atoms with Crippen molar-refractivity contribution in [3.8, 4) is 5.75 Å². The van der Waals surface area contributed by atoms with Crippen molar-refractivity contribution in [3.05, 3.63) is 59.7 Å². The summed E-state index contributed by atoms with van der Waals surface area (Å²) in [6, 6.07) is 15.1. The molecule has 1 amide bonds. The van der Waals surface area contributed by atoms with E-state index in [4.69, 9.17) is 4.74 Å². The number of anilines is 1. The molecule has 0 heterocycles. The Morgan fingerprint density at radius 1 is 1.05 bits per heavy atom. The van der Waals surface area contributed by atoms with E-state index in [1.807, 2.05) is 55.5 Å². The van der Waals surface area contributed by atoms with Gasteiger partial charge in [0, 0.05) is 5.56 Å². The van der Waals surface area contributed by atoms with Gasteiger partial charge in [0.05, 0.1) is 12.3 Å². The van der Waals surface area contributed by atoms with Crippen molar-refractivity contribution in [2.75, 3.05) is 11.9 Å². The molecule has 2 aromatic carbocycles. The molecule has 0 aliphatic rings. The number of carbonyl (C=O) groups excluding carboxylic acids is 1. The number of aryl methyl sites for hydroxylation is 1. The van der Waals surface area contributed by atoms with Crippen LogP contribution < -0.4 is 10.1 Å². The molecule has 0 fully saturated rings. The molecule has 3 heteroatoms. The number of nitrogens with one attached hydrogen (secondary N) is 1. The summed E-state index contributed by atoms with van der Waals surface area (Å²) in [5.74, 6) is 0.563. The molecule has 0 bridgehead atoms. The van der Waals surface area contributed by atoms with Crippen molar-refractivity contribution in [2.45, 2.75) is 20.3 Å². The smallest absolute Gasteiger partial charge is 0.255 e. The first kappa shape index (κ1) is 14.1. The van der Waals surface area contributed by atoms with Gasteiger partial charge in [0.15, 0.2) is 0 Å². The number of para-hydroxylation sites is 2. The highest BCUT2D eigenvalue weighted by Crippen LogP contribution is 2.24. The third kappa shape index (κ3) is 3.38. The minimum absolute atomic E-state index is 0.125. The predicted molar refractivity (Wildman–Crippen MR) is 81.4 cm³/mol. The minimum atomic E-state index is -0.125. The second-order valence-corrected chi connectivity index (χ2v) is 4.43. The fraction of sp³-hybridized carbons (Fsp3) is 0.235. The van der Waals surface area contributed by atoms with Gasteiger partial charge in [-0.15, -0.1) is 0 Å². The second kappa shape index (κ2) is 6.75. The van der Waals surface area contributed by atoms with E-state index >= 15 is 0 Å². The number of hydrogen-bond donors (Lipinski definition) is 1. The summed E-state index contributed by atoms with van der Waals surface area (Å²) < 4.78 is 5.50. The third-order valence-corrected chi connectivity index (χ3v) is 3.06. The van der Waals surface area contributed by atoms with E-state index in [0.717, 1.165) is 6.42 Å². The van der Waals surface area contributed by atoms with Crippen LogP contribution in [0.15, 0.2) is 48.5 Å². The van der Waals surface area contributed by atoms with Crippen LogP contribution >= 0.6 is 0 Å². The van der Waals surface area contributed by atoms with Crippen molar-refractivity contribution >= 4 is 11.6 Å². The van der Waals surface area contributed by atoms with Crippen LogP contribution in [-0.2, 0) is 6.42 Å². The average Bonchev–Trinajstić information content (AvgIpc) is 2.49. The van der Waals surface area contributed by atoms with Crippen LogP contribution in [0.4, 0.5) is 5.69 Å². The van der Waals surface area contributed by atoms with Crippen molar-refractivity contribution in [2.24, 2.45) is 0 Å². The lowest BCUT2D eigenvalue weighted by molar-refractivity contribution is 0.102. The molecule has 0 atom stereocenters. The molecule has 3 nitrogen and oxygen atoms in total. The first-order valence-electron chi connectivity index (χ1n) is 6.86.